The van der Waals surface area contributed by atoms with Crippen molar-refractivity contribution in [1.29, 1.82) is 0 Å². The van der Waals surface area contributed by atoms with Gasteiger partial charge in [0, 0.05) is 38.4 Å². The highest BCUT2D eigenvalue weighted by molar-refractivity contribution is 5.85. The minimum absolute atomic E-state index is 0.0706. The molecule has 1 saturated heterocycles. The fraction of sp³-hybridized carbons (Fsp3) is 0.844. The molecule has 4 aliphatic carbocycles. The van der Waals surface area contributed by atoms with E-state index in [0.29, 0.717) is 51.6 Å². The van der Waals surface area contributed by atoms with Crippen molar-refractivity contribution in [2.24, 2.45) is 28.6 Å². The van der Waals surface area contributed by atoms with Gasteiger partial charge in [0.15, 0.2) is 12.4 Å². The van der Waals surface area contributed by atoms with Gasteiger partial charge in [0.2, 0.25) is 0 Å². The Balaban J connectivity index is 1.18. The van der Waals surface area contributed by atoms with Gasteiger partial charge in [0.25, 0.3) is 0 Å². The molecule has 234 valence electrons. The average molecular weight is 591 g/mol. The first-order valence-electron chi connectivity index (χ1n) is 15.7. The predicted octanol–water partition coefficient (Wildman–Crippen LogP) is 3.00. The molecule has 2 N–H and O–H groups in total. The van der Waals surface area contributed by atoms with E-state index in [1.807, 2.05) is 6.92 Å². The van der Waals surface area contributed by atoms with Crippen LogP contribution in [0.4, 0.5) is 0 Å². The number of hydrogen-bond acceptors (Lipinski definition) is 10. The molecule has 0 bridgehead atoms. The van der Waals surface area contributed by atoms with Crippen molar-refractivity contribution in [2.75, 3.05) is 13.7 Å². The highest BCUT2D eigenvalue weighted by atomic mass is 16.7. The van der Waals surface area contributed by atoms with E-state index in [9.17, 15) is 24.6 Å². The number of methoxy groups -OCH3 is 1. The Bertz CT molecular complexity index is 1140. The maximum absolute atomic E-state index is 13.1. The molecule has 4 saturated carbocycles. The van der Waals surface area contributed by atoms with Gasteiger partial charge in [-0.15, -0.1) is 0 Å². The number of fused-ring (bicyclic) bond motifs is 5. The van der Waals surface area contributed by atoms with Crippen LogP contribution in [0.25, 0.3) is 0 Å². The van der Waals surface area contributed by atoms with Crippen molar-refractivity contribution >= 4 is 18.2 Å². The Morgan fingerprint density at radius 2 is 1.86 bits per heavy atom. The van der Waals surface area contributed by atoms with E-state index in [2.05, 4.69) is 6.92 Å². The van der Waals surface area contributed by atoms with Crippen LogP contribution in [-0.2, 0) is 38.1 Å². The van der Waals surface area contributed by atoms with Crippen molar-refractivity contribution in [2.45, 2.75) is 127 Å². The first-order chi connectivity index (χ1) is 19.9. The third-order valence-corrected chi connectivity index (χ3v) is 12.4. The number of rotatable bonds is 6. The first-order valence-corrected chi connectivity index (χ1v) is 15.7. The minimum atomic E-state index is -1.24. The van der Waals surface area contributed by atoms with E-state index in [1.54, 1.807) is 13.2 Å². The van der Waals surface area contributed by atoms with Crippen LogP contribution < -0.4 is 0 Å². The molecule has 42 heavy (non-hydrogen) atoms. The lowest BCUT2D eigenvalue weighted by Gasteiger charge is -2.65. The Hall–Kier alpha value is -1.85. The van der Waals surface area contributed by atoms with Gasteiger partial charge in [-0.05, 0) is 81.6 Å². The molecule has 0 aromatic carbocycles. The second kappa shape index (κ2) is 10.6. The van der Waals surface area contributed by atoms with E-state index in [-0.39, 0.29) is 35.9 Å². The van der Waals surface area contributed by atoms with Crippen LogP contribution in [0.5, 0.6) is 0 Å². The number of hydrogen-bond donors (Lipinski definition) is 2. The molecule has 0 unspecified atom stereocenters. The summed E-state index contributed by atoms with van der Waals surface area (Å²) < 4.78 is 28.7. The fourth-order valence-corrected chi connectivity index (χ4v) is 10.3. The molecular formula is C32H46O10. The van der Waals surface area contributed by atoms with Crippen molar-refractivity contribution in [3.05, 3.63) is 11.6 Å². The highest BCUT2D eigenvalue weighted by Gasteiger charge is 2.71. The number of cyclic esters (lactones) is 1. The zero-order chi connectivity index (χ0) is 30.1. The summed E-state index contributed by atoms with van der Waals surface area (Å²) in [5, 5.41) is 24.7. The number of aldehydes is 1. The molecule has 0 aromatic heterocycles. The Kier molecular flexibility index (Phi) is 7.65. The van der Waals surface area contributed by atoms with Crippen LogP contribution in [0.1, 0.15) is 85.0 Å². The quantitative estimate of drug-likeness (QED) is 0.270. The second-order valence-corrected chi connectivity index (χ2v) is 14.1. The van der Waals surface area contributed by atoms with Gasteiger partial charge in [-0.1, -0.05) is 6.92 Å². The molecule has 0 radical (unpaired) electrons. The van der Waals surface area contributed by atoms with Crippen LogP contribution in [0, 0.1) is 28.6 Å². The molecule has 10 heteroatoms. The lowest BCUT2D eigenvalue weighted by molar-refractivity contribution is -0.289. The standard InChI is InChI=1S/C32H46O10/c1-18-28(41-19(2)34)25(38-4)14-27(40-18)42-21-5-10-30(17-33)23-6-9-29(3)22(20-13-26(35)39-16-20)8-12-32(29,37)24(23)7-11-31(30,36)15-21/h13,17-18,21-25,27-28,36-37H,5-12,14-16H2,1-4H3/t18-,21-,22+,23-,24+,25+,27-,28-,29+,30-,31-,32-/m0/s1. The summed E-state index contributed by atoms with van der Waals surface area (Å²) >= 11 is 0. The summed E-state index contributed by atoms with van der Waals surface area (Å²) in [4.78, 5) is 36.5. The summed E-state index contributed by atoms with van der Waals surface area (Å²) in [6.07, 6.45) is 6.06. The van der Waals surface area contributed by atoms with Crippen LogP contribution >= 0.6 is 0 Å². The molecule has 0 spiro atoms. The van der Waals surface area contributed by atoms with E-state index in [4.69, 9.17) is 23.7 Å². The van der Waals surface area contributed by atoms with Gasteiger partial charge in [-0.3, -0.25) is 4.79 Å². The molecule has 12 atom stereocenters. The molecule has 5 fully saturated rings. The summed E-state index contributed by atoms with van der Waals surface area (Å²) in [5.41, 5.74) is -2.60. The Morgan fingerprint density at radius 3 is 2.52 bits per heavy atom. The maximum Gasteiger partial charge on any atom is 0.331 e. The number of ether oxygens (including phenoxy) is 5. The van der Waals surface area contributed by atoms with Crippen molar-refractivity contribution in [3.8, 4) is 0 Å². The van der Waals surface area contributed by atoms with E-state index in [0.717, 1.165) is 31.1 Å². The Labute approximate surface area is 247 Å². The van der Waals surface area contributed by atoms with Crippen molar-refractivity contribution < 1.29 is 48.3 Å². The predicted molar refractivity (Wildman–Crippen MR) is 148 cm³/mol. The van der Waals surface area contributed by atoms with Gasteiger partial charge in [0.1, 0.15) is 19.0 Å². The second-order valence-electron chi connectivity index (χ2n) is 14.1. The first kappa shape index (κ1) is 30.2. The third-order valence-electron chi connectivity index (χ3n) is 12.4. The lowest BCUT2D eigenvalue weighted by atomic mass is 9.41. The number of esters is 2. The van der Waals surface area contributed by atoms with Crippen molar-refractivity contribution in [1.82, 2.24) is 0 Å². The normalized spacial score (nSPS) is 50.1. The van der Waals surface area contributed by atoms with Gasteiger partial charge in [-0.25, -0.2) is 4.79 Å². The number of carbonyl (C=O) groups is 3. The van der Waals surface area contributed by atoms with Crippen LogP contribution in [-0.4, -0.2) is 84.1 Å². The monoisotopic (exact) mass is 590 g/mol. The average Bonchev–Trinajstić information content (AvgIpc) is 3.48. The van der Waals surface area contributed by atoms with Crippen LogP contribution in [0.15, 0.2) is 11.6 Å². The third kappa shape index (κ3) is 4.42. The van der Waals surface area contributed by atoms with Gasteiger partial charge in [-0.2, -0.15) is 0 Å². The van der Waals surface area contributed by atoms with Gasteiger partial charge < -0.3 is 38.7 Å². The number of aliphatic hydroxyl groups is 2. The summed E-state index contributed by atoms with van der Waals surface area (Å²) in [6.45, 7) is 5.63. The number of carbonyl (C=O) groups excluding carboxylic acids is 3. The van der Waals surface area contributed by atoms with Crippen molar-refractivity contribution in [3.63, 3.8) is 0 Å². The highest BCUT2D eigenvalue weighted by Crippen LogP contribution is 2.70. The fourth-order valence-electron chi connectivity index (χ4n) is 10.3. The zero-order valence-corrected chi connectivity index (χ0v) is 25.2. The molecule has 10 nitrogen and oxygen atoms in total. The molecule has 6 aliphatic rings. The SMILES string of the molecule is CO[C@@H]1C[C@H](O[C@H]2CC[C@]3(C=O)[C@H]4CC[C@]5(C)[C@@H](C6=CC(=O)OC6)CC[C@]5(O)[C@@H]4CC[C@]3(O)C2)O[C@@H](C)[C@@H]1OC(C)=O. The largest absolute Gasteiger partial charge is 0.458 e. The van der Waals surface area contributed by atoms with E-state index in [1.165, 1.54) is 6.92 Å². The molecule has 0 amide bonds. The summed E-state index contributed by atoms with van der Waals surface area (Å²) in [7, 11) is 1.57. The Morgan fingerprint density at radius 1 is 1.10 bits per heavy atom. The topological polar surface area (TPSA) is 138 Å². The van der Waals surface area contributed by atoms with Gasteiger partial charge in [0.05, 0.1) is 28.8 Å². The molecule has 0 aromatic rings. The molecule has 2 heterocycles. The molecular weight excluding hydrogens is 544 g/mol. The summed E-state index contributed by atoms with van der Waals surface area (Å²) in [6, 6.07) is 0. The zero-order valence-electron chi connectivity index (χ0n) is 25.2. The van der Waals surface area contributed by atoms with Crippen LogP contribution in [0.2, 0.25) is 0 Å². The van der Waals surface area contributed by atoms with E-state index < -0.39 is 46.5 Å². The summed E-state index contributed by atoms with van der Waals surface area (Å²) in [5.74, 6) is -0.871. The lowest BCUT2D eigenvalue weighted by Crippen LogP contribution is -2.69. The van der Waals surface area contributed by atoms with E-state index >= 15 is 0 Å². The van der Waals surface area contributed by atoms with Crippen LogP contribution in [0.3, 0.4) is 0 Å². The smallest absolute Gasteiger partial charge is 0.331 e. The minimum Gasteiger partial charge on any atom is -0.458 e. The molecule has 6 rings (SSSR count). The molecule has 2 aliphatic heterocycles. The van der Waals surface area contributed by atoms with Gasteiger partial charge >= 0.3 is 11.9 Å². The maximum atomic E-state index is 13.1.